The molecule has 5 heteroatoms. The maximum absolute atomic E-state index is 5.67. The van der Waals surface area contributed by atoms with Gasteiger partial charge in [-0.1, -0.05) is 24.6 Å². The van der Waals surface area contributed by atoms with Gasteiger partial charge < -0.3 is 10.3 Å². The zero-order valence-electron chi connectivity index (χ0n) is 10.8. The van der Waals surface area contributed by atoms with Crippen molar-refractivity contribution in [3.8, 4) is 11.5 Å². The van der Waals surface area contributed by atoms with Crippen LogP contribution in [-0.2, 0) is 6.42 Å². The van der Waals surface area contributed by atoms with Crippen molar-refractivity contribution in [3.63, 3.8) is 0 Å². The number of pyridine rings is 1. The first-order chi connectivity index (χ1) is 8.72. The quantitative estimate of drug-likeness (QED) is 0.872. The third kappa shape index (κ3) is 2.92. The Morgan fingerprint density at radius 3 is 2.83 bits per heavy atom. The largest absolute Gasteiger partial charge is 0.339 e. The Morgan fingerprint density at radius 2 is 2.17 bits per heavy atom. The van der Waals surface area contributed by atoms with Crippen molar-refractivity contribution in [1.29, 1.82) is 0 Å². The molecule has 0 amide bonds. The molecule has 0 aliphatic heterocycles. The summed E-state index contributed by atoms with van der Waals surface area (Å²) in [7, 11) is 0. The zero-order chi connectivity index (χ0) is 13.0. The molecule has 0 bridgehead atoms. The Bertz CT molecular complexity index is 505. The molecule has 0 saturated heterocycles. The lowest BCUT2D eigenvalue weighted by molar-refractivity contribution is 0.350. The molecule has 0 saturated carbocycles. The van der Waals surface area contributed by atoms with Crippen LogP contribution in [0.4, 0.5) is 0 Å². The second-order valence-electron chi connectivity index (χ2n) is 4.39. The molecule has 0 aliphatic rings. The average molecular weight is 246 g/mol. The van der Waals surface area contributed by atoms with Gasteiger partial charge in [0.2, 0.25) is 11.7 Å². The Morgan fingerprint density at radius 1 is 1.33 bits per heavy atom. The van der Waals surface area contributed by atoms with Gasteiger partial charge in [0.15, 0.2) is 0 Å². The van der Waals surface area contributed by atoms with Gasteiger partial charge in [-0.25, -0.2) is 4.98 Å². The highest BCUT2D eigenvalue weighted by atomic mass is 16.5. The van der Waals surface area contributed by atoms with E-state index in [1.807, 2.05) is 25.1 Å². The molecule has 2 heterocycles. The first-order valence-corrected chi connectivity index (χ1v) is 6.19. The lowest BCUT2D eigenvalue weighted by atomic mass is 10.0. The van der Waals surface area contributed by atoms with Crippen molar-refractivity contribution < 1.29 is 4.52 Å². The monoisotopic (exact) mass is 246 g/mol. The van der Waals surface area contributed by atoms with Crippen LogP contribution in [0.5, 0.6) is 0 Å². The van der Waals surface area contributed by atoms with Crippen molar-refractivity contribution in [2.24, 2.45) is 11.7 Å². The topological polar surface area (TPSA) is 77.8 Å². The summed E-state index contributed by atoms with van der Waals surface area (Å²) in [5.74, 6) is 1.56. The number of rotatable bonds is 5. The van der Waals surface area contributed by atoms with Crippen LogP contribution in [0.25, 0.3) is 11.5 Å². The fourth-order valence-electron chi connectivity index (χ4n) is 1.75. The number of hydrogen-bond donors (Lipinski definition) is 1. The molecule has 0 radical (unpaired) electrons. The van der Waals surface area contributed by atoms with Crippen molar-refractivity contribution >= 4 is 0 Å². The first-order valence-electron chi connectivity index (χ1n) is 6.19. The molecular formula is C13H18N4O. The summed E-state index contributed by atoms with van der Waals surface area (Å²) in [6.07, 6.45) is 1.74. The highest BCUT2D eigenvalue weighted by Gasteiger charge is 2.13. The summed E-state index contributed by atoms with van der Waals surface area (Å²) in [5.41, 5.74) is 7.35. The molecule has 0 aromatic carbocycles. The second-order valence-corrected chi connectivity index (χ2v) is 4.39. The number of aromatic nitrogens is 3. The van der Waals surface area contributed by atoms with E-state index in [-0.39, 0.29) is 0 Å². The second kappa shape index (κ2) is 5.73. The standard InChI is InChI=1S/C13H18N4O/c1-3-10(8-14)7-12-16-13(17-18-12)11-6-4-5-9(2)15-11/h4-6,10H,3,7-8,14H2,1-2H3. The van der Waals surface area contributed by atoms with E-state index in [2.05, 4.69) is 22.0 Å². The lowest BCUT2D eigenvalue weighted by Crippen LogP contribution is -2.15. The number of nitrogens with zero attached hydrogens (tertiary/aromatic N) is 3. The van der Waals surface area contributed by atoms with Crippen LogP contribution in [0.15, 0.2) is 22.7 Å². The van der Waals surface area contributed by atoms with Gasteiger partial charge in [0, 0.05) is 12.1 Å². The van der Waals surface area contributed by atoms with Gasteiger partial charge in [-0.15, -0.1) is 0 Å². The number of nitrogens with two attached hydrogens (primary N) is 1. The Balaban J connectivity index is 2.15. The highest BCUT2D eigenvalue weighted by Crippen LogP contribution is 2.16. The van der Waals surface area contributed by atoms with Crippen LogP contribution in [-0.4, -0.2) is 21.7 Å². The lowest BCUT2D eigenvalue weighted by Gasteiger charge is -2.07. The van der Waals surface area contributed by atoms with Gasteiger partial charge in [0.25, 0.3) is 0 Å². The molecule has 5 nitrogen and oxygen atoms in total. The molecule has 18 heavy (non-hydrogen) atoms. The maximum atomic E-state index is 5.67. The predicted molar refractivity (Wildman–Crippen MR) is 68.8 cm³/mol. The van der Waals surface area contributed by atoms with Crippen molar-refractivity contribution in [1.82, 2.24) is 15.1 Å². The Kier molecular flexibility index (Phi) is 4.04. The summed E-state index contributed by atoms with van der Waals surface area (Å²) in [6, 6.07) is 5.75. The molecule has 2 N–H and O–H groups in total. The zero-order valence-corrected chi connectivity index (χ0v) is 10.8. The van der Waals surface area contributed by atoms with E-state index in [0.717, 1.165) is 24.2 Å². The van der Waals surface area contributed by atoms with Crippen molar-refractivity contribution in [2.75, 3.05) is 6.54 Å². The van der Waals surface area contributed by atoms with Crippen LogP contribution in [0.2, 0.25) is 0 Å². The molecule has 1 atom stereocenters. The molecule has 2 rings (SSSR count). The predicted octanol–water partition coefficient (Wildman–Crippen LogP) is 1.97. The van der Waals surface area contributed by atoms with Crippen LogP contribution in [0.1, 0.15) is 24.9 Å². The van der Waals surface area contributed by atoms with E-state index >= 15 is 0 Å². The minimum atomic E-state index is 0.392. The Hall–Kier alpha value is -1.75. The van der Waals surface area contributed by atoms with Gasteiger partial charge in [0.05, 0.1) is 0 Å². The van der Waals surface area contributed by atoms with Crippen LogP contribution in [0.3, 0.4) is 0 Å². The smallest absolute Gasteiger partial charge is 0.227 e. The summed E-state index contributed by atoms with van der Waals surface area (Å²) in [6.45, 7) is 4.68. The van der Waals surface area contributed by atoms with Crippen LogP contribution >= 0.6 is 0 Å². The maximum Gasteiger partial charge on any atom is 0.227 e. The van der Waals surface area contributed by atoms with Gasteiger partial charge >= 0.3 is 0 Å². The molecule has 0 fully saturated rings. The molecular weight excluding hydrogens is 228 g/mol. The number of aryl methyl sites for hydroxylation is 1. The fourth-order valence-corrected chi connectivity index (χ4v) is 1.75. The summed E-state index contributed by atoms with van der Waals surface area (Å²) in [4.78, 5) is 8.73. The average Bonchev–Trinajstić information content (AvgIpc) is 2.84. The molecule has 2 aromatic rings. The van der Waals surface area contributed by atoms with Crippen molar-refractivity contribution in [3.05, 3.63) is 29.8 Å². The van der Waals surface area contributed by atoms with Crippen molar-refractivity contribution in [2.45, 2.75) is 26.7 Å². The molecule has 96 valence electrons. The minimum absolute atomic E-state index is 0.392. The van der Waals surface area contributed by atoms with E-state index in [0.29, 0.717) is 24.2 Å². The van der Waals surface area contributed by atoms with Crippen LogP contribution < -0.4 is 5.73 Å². The van der Waals surface area contributed by atoms with E-state index < -0.39 is 0 Å². The minimum Gasteiger partial charge on any atom is -0.339 e. The first kappa shape index (κ1) is 12.7. The van der Waals surface area contributed by atoms with Gasteiger partial charge in [-0.2, -0.15) is 4.98 Å². The summed E-state index contributed by atoms with van der Waals surface area (Å²) in [5, 5.41) is 3.96. The third-order valence-electron chi connectivity index (χ3n) is 2.96. The molecule has 2 aromatic heterocycles. The van der Waals surface area contributed by atoms with Gasteiger partial charge in [-0.05, 0) is 31.5 Å². The normalized spacial score (nSPS) is 12.6. The van der Waals surface area contributed by atoms with Gasteiger partial charge in [-0.3, -0.25) is 0 Å². The summed E-state index contributed by atoms with van der Waals surface area (Å²) < 4.78 is 5.24. The van der Waals surface area contributed by atoms with Crippen LogP contribution in [0, 0.1) is 12.8 Å². The van der Waals surface area contributed by atoms with Gasteiger partial charge in [0.1, 0.15) is 5.69 Å². The molecule has 0 spiro atoms. The van der Waals surface area contributed by atoms with E-state index in [4.69, 9.17) is 10.3 Å². The Labute approximate surface area is 106 Å². The van der Waals surface area contributed by atoms with E-state index in [1.165, 1.54) is 0 Å². The molecule has 0 aliphatic carbocycles. The SMILES string of the molecule is CCC(CN)Cc1nc(-c2cccc(C)n2)no1. The molecule has 1 unspecified atom stereocenters. The number of hydrogen-bond acceptors (Lipinski definition) is 5. The fraction of sp³-hybridized carbons (Fsp3) is 0.462. The summed E-state index contributed by atoms with van der Waals surface area (Å²) >= 11 is 0. The van der Waals surface area contributed by atoms with E-state index in [9.17, 15) is 0 Å². The third-order valence-corrected chi connectivity index (χ3v) is 2.96. The highest BCUT2D eigenvalue weighted by molar-refractivity contribution is 5.47. The van der Waals surface area contributed by atoms with E-state index in [1.54, 1.807) is 0 Å².